The van der Waals surface area contributed by atoms with Gasteiger partial charge in [-0.1, -0.05) is 0 Å². The first-order chi connectivity index (χ1) is 10.9. The Morgan fingerprint density at radius 1 is 1.22 bits per heavy atom. The van der Waals surface area contributed by atoms with Crippen molar-refractivity contribution < 1.29 is 22.7 Å². The van der Waals surface area contributed by atoms with Gasteiger partial charge in [-0.25, -0.2) is 4.98 Å². The second kappa shape index (κ2) is 6.35. The number of rotatable bonds is 2. The van der Waals surface area contributed by atoms with Crippen LogP contribution in [0.25, 0.3) is 0 Å². The highest BCUT2D eigenvalue weighted by atomic mass is 19.4. The summed E-state index contributed by atoms with van der Waals surface area (Å²) in [5, 5.41) is 0. The smallest absolute Gasteiger partial charge is 0.368 e. The molecule has 5 nitrogen and oxygen atoms in total. The van der Waals surface area contributed by atoms with Gasteiger partial charge in [-0.15, -0.1) is 0 Å². The summed E-state index contributed by atoms with van der Waals surface area (Å²) in [5.74, 6) is 0.518. The number of piperazine rings is 1. The van der Waals surface area contributed by atoms with Gasteiger partial charge in [-0.05, 0) is 25.0 Å². The van der Waals surface area contributed by atoms with Gasteiger partial charge in [-0.3, -0.25) is 4.79 Å². The van der Waals surface area contributed by atoms with Gasteiger partial charge in [0.1, 0.15) is 11.9 Å². The summed E-state index contributed by atoms with van der Waals surface area (Å²) in [6.07, 6.45) is -2.19. The normalized spacial score (nSPS) is 22.5. The van der Waals surface area contributed by atoms with Crippen molar-refractivity contribution in [2.45, 2.75) is 25.1 Å². The molecule has 2 aliphatic rings. The fourth-order valence-corrected chi connectivity index (χ4v) is 2.87. The molecule has 1 aromatic rings. The van der Waals surface area contributed by atoms with Crippen molar-refractivity contribution in [1.29, 1.82) is 0 Å². The maximum atomic E-state index is 12.5. The molecule has 2 saturated heterocycles. The standard InChI is InChI=1S/C15H18F3N3O2/c16-15(17,18)11-3-4-13(19-10-11)20-5-7-21(8-6-20)14(22)12-2-1-9-23-12/h3-4,10,12H,1-2,5-9H2/t12-/m0/s1. The first-order valence-corrected chi connectivity index (χ1v) is 7.64. The van der Waals surface area contributed by atoms with E-state index in [9.17, 15) is 18.0 Å². The van der Waals surface area contributed by atoms with Crippen LogP contribution in [0.3, 0.4) is 0 Å². The molecule has 2 aliphatic heterocycles. The minimum absolute atomic E-state index is 0.0162. The van der Waals surface area contributed by atoms with Crippen molar-refractivity contribution in [2.24, 2.45) is 0 Å². The molecule has 0 bridgehead atoms. The van der Waals surface area contributed by atoms with Crippen LogP contribution in [0.5, 0.6) is 0 Å². The first kappa shape index (κ1) is 16.0. The fraction of sp³-hybridized carbons (Fsp3) is 0.600. The fourth-order valence-electron chi connectivity index (χ4n) is 2.87. The van der Waals surface area contributed by atoms with Crippen molar-refractivity contribution in [2.75, 3.05) is 37.7 Å². The van der Waals surface area contributed by atoms with Crippen LogP contribution in [-0.4, -0.2) is 54.7 Å². The highest BCUT2D eigenvalue weighted by molar-refractivity contribution is 5.81. The monoisotopic (exact) mass is 329 g/mol. The molecule has 3 rings (SSSR count). The van der Waals surface area contributed by atoms with Crippen molar-refractivity contribution in [3.8, 4) is 0 Å². The summed E-state index contributed by atoms with van der Waals surface area (Å²) < 4.78 is 43.0. The number of amides is 1. The zero-order valence-electron chi connectivity index (χ0n) is 12.6. The van der Waals surface area contributed by atoms with E-state index in [0.717, 1.165) is 25.1 Å². The minimum atomic E-state index is -4.38. The number of anilines is 1. The zero-order valence-corrected chi connectivity index (χ0v) is 12.6. The number of halogens is 3. The predicted molar refractivity (Wildman–Crippen MR) is 77.0 cm³/mol. The van der Waals surface area contributed by atoms with E-state index < -0.39 is 11.7 Å². The SMILES string of the molecule is O=C([C@@H]1CCCO1)N1CCN(c2ccc(C(F)(F)F)cn2)CC1. The van der Waals surface area contributed by atoms with Crippen molar-refractivity contribution >= 4 is 11.7 Å². The van der Waals surface area contributed by atoms with Crippen LogP contribution in [0.4, 0.5) is 19.0 Å². The quantitative estimate of drug-likeness (QED) is 0.832. The van der Waals surface area contributed by atoms with E-state index in [1.54, 1.807) is 4.90 Å². The van der Waals surface area contributed by atoms with E-state index in [4.69, 9.17) is 4.74 Å². The number of hydrogen-bond donors (Lipinski definition) is 0. The molecule has 0 unspecified atom stereocenters. The van der Waals surface area contributed by atoms with Gasteiger partial charge < -0.3 is 14.5 Å². The summed E-state index contributed by atoms with van der Waals surface area (Å²) in [5.41, 5.74) is -0.756. The molecule has 0 N–H and O–H groups in total. The molecule has 1 amide bonds. The Balaban J connectivity index is 1.57. The second-order valence-corrected chi connectivity index (χ2v) is 5.72. The lowest BCUT2D eigenvalue weighted by Gasteiger charge is -2.36. The summed E-state index contributed by atoms with van der Waals surface area (Å²) in [7, 11) is 0. The Bertz CT molecular complexity index is 548. The Kier molecular flexibility index (Phi) is 4.43. The Hall–Kier alpha value is -1.83. The topological polar surface area (TPSA) is 45.7 Å². The van der Waals surface area contributed by atoms with Crippen LogP contribution in [-0.2, 0) is 15.7 Å². The number of hydrogen-bond acceptors (Lipinski definition) is 4. The first-order valence-electron chi connectivity index (χ1n) is 7.64. The van der Waals surface area contributed by atoms with E-state index >= 15 is 0 Å². The molecular formula is C15H18F3N3O2. The van der Waals surface area contributed by atoms with Crippen LogP contribution >= 0.6 is 0 Å². The predicted octanol–water partition coefficient (Wildman–Crippen LogP) is 1.93. The highest BCUT2D eigenvalue weighted by Gasteiger charge is 2.32. The third kappa shape index (κ3) is 3.57. The lowest BCUT2D eigenvalue weighted by Crippen LogP contribution is -2.51. The summed E-state index contributed by atoms with van der Waals surface area (Å²) in [6, 6.07) is 2.41. The van der Waals surface area contributed by atoms with Crippen molar-refractivity contribution in [3.63, 3.8) is 0 Å². The minimum Gasteiger partial charge on any atom is -0.368 e. The molecule has 126 valence electrons. The van der Waals surface area contributed by atoms with Gasteiger partial charge >= 0.3 is 6.18 Å². The maximum Gasteiger partial charge on any atom is 0.417 e. The molecular weight excluding hydrogens is 311 g/mol. The molecule has 8 heteroatoms. The van der Waals surface area contributed by atoms with E-state index in [1.165, 1.54) is 6.07 Å². The number of pyridine rings is 1. The number of aromatic nitrogens is 1. The van der Waals surface area contributed by atoms with E-state index in [2.05, 4.69) is 4.98 Å². The number of alkyl halides is 3. The number of carbonyl (C=O) groups excluding carboxylic acids is 1. The zero-order chi connectivity index (χ0) is 16.4. The lowest BCUT2D eigenvalue weighted by atomic mass is 10.2. The number of ether oxygens (including phenoxy) is 1. The summed E-state index contributed by atoms with van der Waals surface area (Å²) >= 11 is 0. The average Bonchev–Trinajstić information content (AvgIpc) is 3.08. The van der Waals surface area contributed by atoms with Gasteiger partial charge in [0.15, 0.2) is 0 Å². The molecule has 1 atom stereocenters. The third-order valence-corrected chi connectivity index (χ3v) is 4.20. The maximum absolute atomic E-state index is 12.5. The number of nitrogens with zero attached hydrogens (tertiary/aromatic N) is 3. The van der Waals surface area contributed by atoms with Gasteiger partial charge in [-0.2, -0.15) is 13.2 Å². The van der Waals surface area contributed by atoms with Crippen LogP contribution in [0.2, 0.25) is 0 Å². The molecule has 0 radical (unpaired) electrons. The van der Waals surface area contributed by atoms with Crippen LogP contribution in [0.1, 0.15) is 18.4 Å². The molecule has 2 fully saturated rings. The highest BCUT2D eigenvalue weighted by Crippen LogP contribution is 2.29. The largest absolute Gasteiger partial charge is 0.417 e. The molecule has 0 aliphatic carbocycles. The Labute approximate surface area is 132 Å². The summed E-state index contributed by atoms with van der Waals surface area (Å²) in [4.78, 5) is 19.8. The Morgan fingerprint density at radius 3 is 2.48 bits per heavy atom. The molecule has 1 aromatic heterocycles. The van der Waals surface area contributed by atoms with Crippen molar-refractivity contribution in [1.82, 2.24) is 9.88 Å². The third-order valence-electron chi connectivity index (χ3n) is 4.20. The van der Waals surface area contributed by atoms with Crippen LogP contribution in [0, 0.1) is 0 Å². The average molecular weight is 329 g/mol. The molecule has 3 heterocycles. The van der Waals surface area contributed by atoms with Gasteiger partial charge in [0, 0.05) is 39.0 Å². The molecule has 0 spiro atoms. The second-order valence-electron chi connectivity index (χ2n) is 5.72. The summed E-state index contributed by atoms with van der Waals surface area (Å²) in [6.45, 7) is 2.79. The number of carbonyl (C=O) groups is 1. The van der Waals surface area contributed by atoms with Gasteiger partial charge in [0.05, 0.1) is 5.56 Å². The van der Waals surface area contributed by atoms with Crippen LogP contribution in [0.15, 0.2) is 18.3 Å². The van der Waals surface area contributed by atoms with Gasteiger partial charge in [0.25, 0.3) is 5.91 Å². The van der Waals surface area contributed by atoms with Crippen LogP contribution < -0.4 is 4.90 Å². The Morgan fingerprint density at radius 2 is 1.96 bits per heavy atom. The molecule has 23 heavy (non-hydrogen) atoms. The molecule has 0 saturated carbocycles. The van der Waals surface area contributed by atoms with E-state index in [-0.39, 0.29) is 12.0 Å². The van der Waals surface area contributed by atoms with E-state index in [1.807, 2.05) is 4.90 Å². The van der Waals surface area contributed by atoms with Gasteiger partial charge in [0.2, 0.25) is 0 Å². The lowest BCUT2D eigenvalue weighted by molar-refractivity contribution is -0.141. The molecule has 0 aromatic carbocycles. The van der Waals surface area contributed by atoms with E-state index in [0.29, 0.717) is 38.6 Å². The van der Waals surface area contributed by atoms with Crippen molar-refractivity contribution in [3.05, 3.63) is 23.9 Å².